The van der Waals surface area contributed by atoms with Gasteiger partial charge in [-0.2, -0.15) is 5.10 Å². The number of hydrogen-bond donors (Lipinski definition) is 1. The van der Waals surface area contributed by atoms with Crippen LogP contribution >= 0.6 is 15.9 Å². The number of benzene rings is 1. The number of anilines is 3. The molecule has 124 valence electrons. The third-order valence-corrected chi connectivity index (χ3v) is 4.98. The SMILES string of the molecule is Cn1nc(Br)c2c(Nc3ccc(N4CCCCC4)cc3)ncnc21. The first kappa shape index (κ1) is 15.4. The first-order valence-corrected chi connectivity index (χ1v) is 8.97. The molecule has 3 heterocycles. The molecular formula is C17H19BrN6. The summed E-state index contributed by atoms with van der Waals surface area (Å²) < 4.78 is 2.49. The summed E-state index contributed by atoms with van der Waals surface area (Å²) in [5.74, 6) is 0.755. The zero-order chi connectivity index (χ0) is 16.5. The topological polar surface area (TPSA) is 58.9 Å². The van der Waals surface area contributed by atoms with E-state index < -0.39 is 0 Å². The Labute approximate surface area is 149 Å². The lowest BCUT2D eigenvalue weighted by Gasteiger charge is -2.28. The largest absolute Gasteiger partial charge is 0.372 e. The van der Waals surface area contributed by atoms with Gasteiger partial charge in [-0.1, -0.05) is 0 Å². The Kier molecular flexibility index (Phi) is 4.10. The second-order valence-corrected chi connectivity index (χ2v) is 6.81. The monoisotopic (exact) mass is 386 g/mol. The quantitative estimate of drug-likeness (QED) is 0.740. The van der Waals surface area contributed by atoms with E-state index in [4.69, 9.17) is 0 Å². The maximum Gasteiger partial charge on any atom is 0.164 e. The number of halogens is 1. The second-order valence-electron chi connectivity index (χ2n) is 6.05. The van der Waals surface area contributed by atoms with Crippen molar-refractivity contribution < 1.29 is 0 Å². The van der Waals surface area contributed by atoms with Crippen LogP contribution in [0.2, 0.25) is 0 Å². The molecule has 0 spiro atoms. The van der Waals surface area contributed by atoms with Gasteiger partial charge in [0.2, 0.25) is 0 Å². The number of nitrogens with zero attached hydrogens (tertiary/aromatic N) is 5. The predicted octanol–water partition coefficient (Wildman–Crippen LogP) is 3.86. The molecule has 0 radical (unpaired) electrons. The number of piperidine rings is 1. The Hall–Kier alpha value is -2.15. The summed E-state index contributed by atoms with van der Waals surface area (Å²) in [5, 5.41) is 8.62. The molecule has 6 nitrogen and oxygen atoms in total. The van der Waals surface area contributed by atoms with Gasteiger partial charge in [-0.3, -0.25) is 0 Å². The van der Waals surface area contributed by atoms with Crippen molar-refractivity contribution in [3.8, 4) is 0 Å². The summed E-state index contributed by atoms with van der Waals surface area (Å²) in [4.78, 5) is 11.1. The summed E-state index contributed by atoms with van der Waals surface area (Å²) in [5.41, 5.74) is 3.09. The molecule has 3 aromatic rings. The third kappa shape index (κ3) is 2.84. The van der Waals surface area contributed by atoms with E-state index in [1.165, 1.54) is 24.9 Å². The number of hydrogen-bond acceptors (Lipinski definition) is 5. The van der Waals surface area contributed by atoms with Gasteiger partial charge in [0.15, 0.2) is 5.65 Å². The van der Waals surface area contributed by atoms with Crippen LogP contribution in [0, 0.1) is 0 Å². The molecule has 0 bridgehead atoms. The van der Waals surface area contributed by atoms with Crippen LogP contribution < -0.4 is 10.2 Å². The van der Waals surface area contributed by atoms with E-state index in [2.05, 4.69) is 65.5 Å². The van der Waals surface area contributed by atoms with Crippen molar-refractivity contribution in [2.45, 2.75) is 19.3 Å². The van der Waals surface area contributed by atoms with Gasteiger partial charge in [0.05, 0.1) is 5.39 Å². The number of aromatic nitrogens is 4. The molecule has 1 aliphatic heterocycles. The predicted molar refractivity (Wildman–Crippen MR) is 99.8 cm³/mol. The smallest absolute Gasteiger partial charge is 0.164 e. The second kappa shape index (κ2) is 6.39. The molecule has 0 atom stereocenters. The first-order chi connectivity index (χ1) is 11.7. The van der Waals surface area contributed by atoms with E-state index >= 15 is 0 Å². The maximum absolute atomic E-state index is 4.37. The zero-order valence-electron chi connectivity index (χ0n) is 13.5. The van der Waals surface area contributed by atoms with Gasteiger partial charge in [0.25, 0.3) is 0 Å². The molecule has 1 fully saturated rings. The van der Waals surface area contributed by atoms with Gasteiger partial charge >= 0.3 is 0 Å². The van der Waals surface area contributed by atoms with E-state index in [1.807, 2.05) is 7.05 Å². The molecule has 2 aromatic heterocycles. The van der Waals surface area contributed by atoms with Crippen LogP contribution in [-0.4, -0.2) is 32.8 Å². The Morgan fingerprint density at radius 1 is 1.04 bits per heavy atom. The fourth-order valence-electron chi connectivity index (χ4n) is 3.18. The van der Waals surface area contributed by atoms with Gasteiger partial charge in [0.1, 0.15) is 16.7 Å². The minimum Gasteiger partial charge on any atom is -0.372 e. The highest BCUT2D eigenvalue weighted by atomic mass is 79.9. The number of aryl methyl sites for hydroxylation is 1. The van der Waals surface area contributed by atoms with Gasteiger partial charge in [0, 0.05) is 31.5 Å². The van der Waals surface area contributed by atoms with Crippen LogP contribution in [0.5, 0.6) is 0 Å². The number of nitrogens with one attached hydrogen (secondary N) is 1. The Morgan fingerprint density at radius 2 is 1.79 bits per heavy atom. The highest BCUT2D eigenvalue weighted by Gasteiger charge is 2.14. The van der Waals surface area contributed by atoms with Crippen molar-refractivity contribution in [1.29, 1.82) is 0 Å². The highest BCUT2D eigenvalue weighted by molar-refractivity contribution is 9.10. The Balaban J connectivity index is 1.59. The molecule has 1 N–H and O–H groups in total. The van der Waals surface area contributed by atoms with Crippen molar-refractivity contribution in [2.75, 3.05) is 23.3 Å². The summed E-state index contributed by atoms with van der Waals surface area (Å²) in [7, 11) is 1.87. The lowest BCUT2D eigenvalue weighted by Crippen LogP contribution is -2.29. The molecule has 4 rings (SSSR count). The lowest BCUT2D eigenvalue weighted by atomic mass is 10.1. The molecule has 1 aliphatic rings. The lowest BCUT2D eigenvalue weighted by molar-refractivity contribution is 0.578. The molecule has 1 aromatic carbocycles. The average molecular weight is 387 g/mol. The van der Waals surface area contributed by atoms with Crippen LogP contribution in [0.4, 0.5) is 17.2 Å². The highest BCUT2D eigenvalue weighted by Crippen LogP contribution is 2.29. The van der Waals surface area contributed by atoms with Gasteiger partial charge in [-0.25, -0.2) is 14.6 Å². The molecule has 7 heteroatoms. The first-order valence-electron chi connectivity index (χ1n) is 8.17. The fraction of sp³-hybridized carbons (Fsp3) is 0.353. The fourth-order valence-corrected chi connectivity index (χ4v) is 3.78. The summed E-state index contributed by atoms with van der Waals surface area (Å²) in [6.45, 7) is 2.31. The molecule has 24 heavy (non-hydrogen) atoms. The van der Waals surface area contributed by atoms with Crippen LogP contribution in [0.15, 0.2) is 35.2 Å². The van der Waals surface area contributed by atoms with Crippen LogP contribution in [-0.2, 0) is 7.05 Å². The molecule has 0 saturated carbocycles. The van der Waals surface area contributed by atoms with E-state index in [0.717, 1.165) is 40.2 Å². The van der Waals surface area contributed by atoms with Crippen molar-refractivity contribution in [3.63, 3.8) is 0 Å². The van der Waals surface area contributed by atoms with E-state index in [-0.39, 0.29) is 0 Å². The molecule has 1 saturated heterocycles. The van der Waals surface area contributed by atoms with E-state index in [1.54, 1.807) is 11.0 Å². The van der Waals surface area contributed by atoms with Crippen LogP contribution in [0.1, 0.15) is 19.3 Å². The standard InChI is InChI=1S/C17H19BrN6/c1-23-17-14(15(18)22-23)16(19-11-20-17)21-12-5-7-13(8-6-12)24-9-3-2-4-10-24/h5-8,11H,2-4,9-10H2,1H3,(H,19,20,21). The number of rotatable bonds is 3. The van der Waals surface area contributed by atoms with Gasteiger partial charge in [-0.05, 0) is 59.5 Å². The third-order valence-electron chi connectivity index (χ3n) is 4.43. The number of fused-ring (bicyclic) bond motifs is 1. The van der Waals surface area contributed by atoms with Crippen molar-refractivity contribution >= 4 is 44.2 Å². The summed E-state index contributed by atoms with van der Waals surface area (Å²) in [6.07, 6.45) is 5.47. The molecule has 0 unspecified atom stereocenters. The molecular weight excluding hydrogens is 368 g/mol. The average Bonchev–Trinajstić information content (AvgIpc) is 2.92. The van der Waals surface area contributed by atoms with Crippen LogP contribution in [0.25, 0.3) is 11.0 Å². The van der Waals surface area contributed by atoms with Gasteiger partial charge < -0.3 is 10.2 Å². The zero-order valence-corrected chi connectivity index (χ0v) is 15.1. The van der Waals surface area contributed by atoms with E-state index in [9.17, 15) is 0 Å². The van der Waals surface area contributed by atoms with Gasteiger partial charge in [-0.15, -0.1) is 0 Å². The Morgan fingerprint density at radius 3 is 2.54 bits per heavy atom. The summed E-state index contributed by atoms with van der Waals surface area (Å²) >= 11 is 3.49. The summed E-state index contributed by atoms with van der Waals surface area (Å²) in [6, 6.07) is 8.54. The van der Waals surface area contributed by atoms with E-state index in [0.29, 0.717) is 0 Å². The van der Waals surface area contributed by atoms with Crippen molar-refractivity contribution in [3.05, 3.63) is 35.2 Å². The molecule has 0 aliphatic carbocycles. The Bertz CT molecular complexity index is 851. The van der Waals surface area contributed by atoms with Crippen LogP contribution in [0.3, 0.4) is 0 Å². The maximum atomic E-state index is 4.37. The minimum atomic E-state index is 0.744. The van der Waals surface area contributed by atoms with Crippen molar-refractivity contribution in [2.24, 2.45) is 7.05 Å². The normalized spacial score (nSPS) is 15.0. The minimum absolute atomic E-state index is 0.744. The van der Waals surface area contributed by atoms with Crippen molar-refractivity contribution in [1.82, 2.24) is 19.7 Å². The molecule has 0 amide bonds.